The van der Waals surface area contributed by atoms with Crippen molar-refractivity contribution in [3.05, 3.63) is 44.4 Å². The van der Waals surface area contributed by atoms with E-state index in [0.717, 1.165) is 6.42 Å². The Bertz CT molecular complexity index is 264. The molecule has 1 aliphatic rings. The van der Waals surface area contributed by atoms with Gasteiger partial charge < -0.3 is 14.4 Å². The van der Waals surface area contributed by atoms with Crippen LogP contribution < -0.4 is 0 Å². The summed E-state index contributed by atoms with van der Waals surface area (Å²) in [6.45, 7) is 6.72. The van der Waals surface area contributed by atoms with Crippen LogP contribution in [0, 0.1) is 14.4 Å². The number of aromatic nitrogens is 1. The van der Waals surface area contributed by atoms with Crippen molar-refractivity contribution in [3.63, 3.8) is 0 Å². The van der Waals surface area contributed by atoms with Crippen molar-refractivity contribution < 1.29 is 21.1 Å². The van der Waals surface area contributed by atoms with Crippen LogP contribution in [-0.4, -0.2) is 23.5 Å². The van der Waals surface area contributed by atoms with Gasteiger partial charge in [0, 0.05) is 18.4 Å². The van der Waals surface area contributed by atoms with Crippen LogP contribution in [0.25, 0.3) is 0 Å². The molecule has 2 nitrogen and oxygen atoms in total. The van der Waals surface area contributed by atoms with Crippen LogP contribution in [0.5, 0.6) is 0 Å². The first-order chi connectivity index (χ1) is 7.29. The Balaban J connectivity index is 0. The molecule has 0 N–H and O–H groups in total. The molecule has 0 aromatic carbocycles. The molecule has 0 aliphatic carbocycles. The van der Waals surface area contributed by atoms with E-state index >= 15 is 0 Å². The Morgan fingerprint density at radius 3 is 2.59 bits per heavy atom. The summed E-state index contributed by atoms with van der Waals surface area (Å²) in [6.07, 6.45) is 7.41. The second-order valence-corrected chi connectivity index (χ2v) is 3.92. The van der Waals surface area contributed by atoms with Gasteiger partial charge in [-0.3, -0.25) is 9.88 Å². The van der Waals surface area contributed by atoms with Gasteiger partial charge >= 0.3 is 21.1 Å². The Morgan fingerprint density at radius 1 is 1.53 bits per heavy atom. The fourth-order valence-electron chi connectivity index (χ4n) is 1.90. The van der Waals surface area contributed by atoms with E-state index in [4.69, 9.17) is 0 Å². The third-order valence-corrected chi connectivity index (χ3v) is 2.59. The van der Waals surface area contributed by atoms with Crippen LogP contribution in [0.15, 0.2) is 24.5 Å². The van der Waals surface area contributed by atoms with Gasteiger partial charge in [-0.05, 0) is 38.1 Å². The van der Waals surface area contributed by atoms with E-state index in [2.05, 4.69) is 29.9 Å². The average Bonchev–Trinajstić information content (AvgIpc) is 2.67. The molecule has 0 amide bonds. The molecule has 1 atom stereocenters. The van der Waals surface area contributed by atoms with Crippen LogP contribution in [0.1, 0.15) is 37.8 Å². The van der Waals surface area contributed by atoms with E-state index < -0.39 is 0 Å². The topological polar surface area (TPSA) is 16.1 Å². The molecular formula is C14H24N2W. The second-order valence-electron chi connectivity index (χ2n) is 3.92. The predicted molar refractivity (Wildman–Crippen MR) is 70.9 cm³/mol. The molecule has 1 aliphatic heterocycles. The summed E-state index contributed by atoms with van der Waals surface area (Å²) >= 11 is 0. The van der Waals surface area contributed by atoms with Crippen molar-refractivity contribution >= 4 is 0 Å². The molecular weight excluding hydrogens is 380 g/mol. The smallest absolute Gasteiger partial charge is 0.358 e. The van der Waals surface area contributed by atoms with E-state index in [1.807, 2.05) is 25.4 Å². The molecule has 0 spiro atoms. The molecule has 1 fully saturated rings. The molecule has 0 saturated carbocycles. The van der Waals surface area contributed by atoms with Gasteiger partial charge in [0.15, 0.2) is 0 Å². The Hall–Kier alpha value is -0.202. The van der Waals surface area contributed by atoms with Gasteiger partial charge in [0.2, 0.25) is 0 Å². The number of nitrogens with zero attached hydrogens (tertiary/aromatic N) is 2. The number of pyridine rings is 1. The summed E-state index contributed by atoms with van der Waals surface area (Å²) in [5.41, 5.74) is 1.36. The van der Waals surface area contributed by atoms with Gasteiger partial charge in [-0.25, -0.2) is 0 Å². The van der Waals surface area contributed by atoms with Crippen molar-refractivity contribution in [1.82, 2.24) is 9.88 Å². The van der Waals surface area contributed by atoms with Crippen LogP contribution in [-0.2, 0) is 21.1 Å². The van der Waals surface area contributed by atoms with Gasteiger partial charge in [-0.1, -0.05) is 13.0 Å². The molecule has 2 rings (SSSR count). The normalized spacial score (nSPS) is 18.4. The van der Waals surface area contributed by atoms with Gasteiger partial charge in [-0.15, -0.1) is 0 Å². The first-order valence-corrected chi connectivity index (χ1v) is 5.69. The summed E-state index contributed by atoms with van der Waals surface area (Å²) in [5.74, 6) is 0. The summed E-state index contributed by atoms with van der Waals surface area (Å²) in [7, 11) is 2.19. The molecule has 0 radical (unpaired) electrons. The molecule has 1 aromatic heterocycles. The van der Waals surface area contributed by atoms with E-state index in [9.17, 15) is 0 Å². The van der Waals surface area contributed by atoms with Gasteiger partial charge in [0.25, 0.3) is 0 Å². The second kappa shape index (κ2) is 10.9. The maximum Gasteiger partial charge on any atom is 2.00 e. The SMILES string of the molecule is CN1CCC[C@H]1c1cccnc1.[CH2-]CC.[CH3-].[W+2]. The number of likely N-dealkylation sites (tertiary alicyclic amines) is 1. The maximum atomic E-state index is 4.14. The molecule has 0 bridgehead atoms. The summed E-state index contributed by atoms with van der Waals surface area (Å²) < 4.78 is 0. The largest absolute Gasteiger partial charge is 2.00 e. The van der Waals surface area contributed by atoms with Crippen molar-refractivity contribution in [2.45, 2.75) is 32.2 Å². The minimum absolute atomic E-state index is 0. The van der Waals surface area contributed by atoms with Crippen molar-refractivity contribution in [3.8, 4) is 0 Å². The van der Waals surface area contributed by atoms with Crippen LogP contribution >= 0.6 is 0 Å². The van der Waals surface area contributed by atoms with Crippen molar-refractivity contribution in [2.24, 2.45) is 0 Å². The molecule has 0 unspecified atom stereocenters. The Kier molecular flexibility index (Phi) is 12.3. The van der Waals surface area contributed by atoms with E-state index in [-0.39, 0.29) is 28.5 Å². The third kappa shape index (κ3) is 6.33. The molecule has 1 saturated heterocycles. The molecule has 2 heterocycles. The zero-order valence-electron chi connectivity index (χ0n) is 11.2. The van der Waals surface area contributed by atoms with Gasteiger partial charge in [-0.2, -0.15) is 6.42 Å². The number of rotatable bonds is 1. The van der Waals surface area contributed by atoms with E-state index in [1.165, 1.54) is 24.9 Å². The van der Waals surface area contributed by atoms with Crippen LogP contribution in [0.2, 0.25) is 0 Å². The number of hydrogen-bond donors (Lipinski definition) is 0. The third-order valence-electron chi connectivity index (χ3n) is 2.59. The molecule has 17 heavy (non-hydrogen) atoms. The zero-order chi connectivity index (χ0) is 11.1. The Labute approximate surface area is 121 Å². The molecule has 96 valence electrons. The summed E-state index contributed by atoms with van der Waals surface area (Å²) in [4.78, 5) is 6.54. The zero-order valence-corrected chi connectivity index (χ0v) is 14.2. The standard InChI is InChI=1S/C10H14N2.C3H7.CH3.W/c1-12-7-3-5-10(12)9-4-2-6-11-8-9;1-3-2;;/h2,4,6,8,10H,3,5,7H2,1H3;1,3H2,2H3;1H3;/q;2*-1;+2/t10-;;;/m0.../s1. The minimum Gasteiger partial charge on any atom is -0.358 e. The monoisotopic (exact) mass is 404 g/mol. The maximum absolute atomic E-state index is 4.14. The van der Waals surface area contributed by atoms with Crippen molar-refractivity contribution in [2.75, 3.05) is 13.6 Å². The summed E-state index contributed by atoms with van der Waals surface area (Å²) in [5, 5.41) is 0. The van der Waals surface area contributed by atoms with Crippen molar-refractivity contribution in [1.29, 1.82) is 0 Å². The van der Waals surface area contributed by atoms with Crippen LogP contribution in [0.4, 0.5) is 0 Å². The van der Waals surface area contributed by atoms with Gasteiger partial charge in [0.1, 0.15) is 0 Å². The van der Waals surface area contributed by atoms with Gasteiger partial charge in [0.05, 0.1) is 0 Å². The molecule has 3 heteroatoms. The average molecular weight is 404 g/mol. The van der Waals surface area contributed by atoms with E-state index in [0.29, 0.717) is 6.04 Å². The first kappa shape index (κ1) is 19.1. The molecule has 1 aromatic rings. The van der Waals surface area contributed by atoms with E-state index in [1.54, 1.807) is 0 Å². The number of hydrogen-bond acceptors (Lipinski definition) is 2. The fourth-order valence-corrected chi connectivity index (χ4v) is 1.90. The summed E-state index contributed by atoms with van der Waals surface area (Å²) in [6, 6.07) is 4.79. The minimum atomic E-state index is 0. The predicted octanol–water partition coefficient (Wildman–Crippen LogP) is 3.53. The first-order valence-electron chi connectivity index (χ1n) is 5.69. The van der Waals surface area contributed by atoms with Crippen LogP contribution in [0.3, 0.4) is 0 Å². The quantitative estimate of drug-likeness (QED) is 0.666. The Morgan fingerprint density at radius 2 is 2.18 bits per heavy atom. The fraction of sp³-hybridized carbons (Fsp3) is 0.500.